The van der Waals surface area contributed by atoms with Gasteiger partial charge in [-0.3, -0.25) is 0 Å². The summed E-state index contributed by atoms with van der Waals surface area (Å²) in [5, 5.41) is 7.79. The Morgan fingerprint density at radius 3 is 2.38 bits per heavy atom. The van der Waals surface area contributed by atoms with Gasteiger partial charge in [-0.25, -0.2) is 0 Å². The molecule has 0 spiro atoms. The van der Waals surface area contributed by atoms with E-state index in [0.717, 1.165) is 26.2 Å². The van der Waals surface area contributed by atoms with Gasteiger partial charge in [-0.1, -0.05) is 5.10 Å². The van der Waals surface area contributed by atoms with Crippen LogP contribution >= 0.6 is 0 Å². The summed E-state index contributed by atoms with van der Waals surface area (Å²) in [6.07, 6.45) is 0. The lowest BCUT2D eigenvalue weighted by Crippen LogP contribution is -2.44. The SMILES string of the molecule is Cc1nnc(N2CCN(C)CC2)o1. The first kappa shape index (κ1) is 8.50. The first-order valence-corrected chi connectivity index (χ1v) is 4.49. The van der Waals surface area contributed by atoms with Gasteiger partial charge in [0.2, 0.25) is 5.89 Å². The number of hydrogen-bond donors (Lipinski definition) is 0. The normalized spacial score (nSPS) is 19.4. The lowest BCUT2D eigenvalue weighted by atomic mass is 10.3. The molecule has 2 rings (SSSR count). The summed E-state index contributed by atoms with van der Waals surface area (Å²) in [5.74, 6) is 0.633. The molecule has 1 aliphatic heterocycles. The number of aryl methyl sites for hydroxylation is 1. The van der Waals surface area contributed by atoms with E-state index in [4.69, 9.17) is 4.42 Å². The van der Waals surface area contributed by atoms with Crippen LogP contribution in [-0.4, -0.2) is 48.3 Å². The van der Waals surface area contributed by atoms with Gasteiger partial charge in [0.15, 0.2) is 0 Å². The molecule has 0 aliphatic carbocycles. The van der Waals surface area contributed by atoms with Crippen LogP contribution in [0.4, 0.5) is 6.01 Å². The molecule has 0 radical (unpaired) electrons. The third-order valence-electron chi connectivity index (χ3n) is 2.29. The molecule has 1 fully saturated rings. The fraction of sp³-hybridized carbons (Fsp3) is 0.750. The van der Waals surface area contributed by atoms with Crippen LogP contribution in [0.15, 0.2) is 4.42 Å². The highest BCUT2D eigenvalue weighted by Crippen LogP contribution is 2.13. The van der Waals surface area contributed by atoms with Crippen molar-refractivity contribution in [1.82, 2.24) is 15.1 Å². The molecule has 0 saturated carbocycles. The highest BCUT2D eigenvalue weighted by Gasteiger charge is 2.18. The first-order valence-electron chi connectivity index (χ1n) is 4.49. The molecule has 0 bridgehead atoms. The van der Waals surface area contributed by atoms with Crippen molar-refractivity contribution in [3.8, 4) is 0 Å². The average molecular weight is 182 g/mol. The Bertz CT molecular complexity index is 277. The maximum atomic E-state index is 5.34. The Labute approximate surface area is 77.3 Å². The molecule has 0 unspecified atom stereocenters. The predicted molar refractivity (Wildman–Crippen MR) is 48.7 cm³/mol. The molecule has 0 N–H and O–H groups in total. The second kappa shape index (κ2) is 3.33. The highest BCUT2D eigenvalue weighted by molar-refractivity contribution is 5.24. The van der Waals surface area contributed by atoms with Crippen molar-refractivity contribution in [3.05, 3.63) is 5.89 Å². The number of likely N-dealkylation sites (N-methyl/N-ethyl adjacent to an activating group) is 1. The quantitative estimate of drug-likeness (QED) is 0.617. The molecule has 0 aromatic carbocycles. The summed E-state index contributed by atoms with van der Waals surface area (Å²) in [7, 11) is 2.12. The third-order valence-corrected chi connectivity index (χ3v) is 2.29. The molecule has 0 atom stereocenters. The van der Waals surface area contributed by atoms with Crippen LogP contribution in [0.1, 0.15) is 5.89 Å². The van der Waals surface area contributed by atoms with Crippen LogP contribution in [0.2, 0.25) is 0 Å². The molecule has 72 valence electrons. The molecule has 5 nitrogen and oxygen atoms in total. The maximum Gasteiger partial charge on any atom is 0.318 e. The fourth-order valence-corrected chi connectivity index (χ4v) is 1.41. The van der Waals surface area contributed by atoms with E-state index >= 15 is 0 Å². The number of nitrogens with zero attached hydrogens (tertiary/aromatic N) is 4. The van der Waals surface area contributed by atoms with Gasteiger partial charge in [0, 0.05) is 33.1 Å². The Morgan fingerprint density at radius 1 is 1.15 bits per heavy atom. The summed E-state index contributed by atoms with van der Waals surface area (Å²) in [5.41, 5.74) is 0. The van der Waals surface area contributed by atoms with Gasteiger partial charge >= 0.3 is 6.01 Å². The summed E-state index contributed by atoms with van der Waals surface area (Å²) >= 11 is 0. The highest BCUT2D eigenvalue weighted by atomic mass is 16.4. The molecular weight excluding hydrogens is 168 g/mol. The largest absolute Gasteiger partial charge is 0.408 e. The van der Waals surface area contributed by atoms with Crippen LogP contribution in [0.5, 0.6) is 0 Å². The zero-order valence-corrected chi connectivity index (χ0v) is 8.03. The van der Waals surface area contributed by atoms with Gasteiger partial charge in [-0.05, 0) is 7.05 Å². The predicted octanol–water partition coefficient (Wildman–Crippen LogP) is 0.130. The molecule has 5 heteroatoms. The van der Waals surface area contributed by atoms with Gasteiger partial charge in [0.1, 0.15) is 0 Å². The zero-order chi connectivity index (χ0) is 9.26. The molecule has 13 heavy (non-hydrogen) atoms. The van der Waals surface area contributed by atoms with Gasteiger partial charge < -0.3 is 14.2 Å². The first-order chi connectivity index (χ1) is 6.25. The van der Waals surface area contributed by atoms with Crippen molar-refractivity contribution in [2.24, 2.45) is 0 Å². The van der Waals surface area contributed by atoms with Gasteiger partial charge in [0.05, 0.1) is 0 Å². The molecule has 2 heterocycles. The Morgan fingerprint density at radius 2 is 1.85 bits per heavy atom. The minimum absolute atomic E-state index is 0.633. The zero-order valence-electron chi connectivity index (χ0n) is 8.03. The van der Waals surface area contributed by atoms with Crippen molar-refractivity contribution in [2.75, 3.05) is 38.1 Å². The van der Waals surface area contributed by atoms with Gasteiger partial charge in [0.25, 0.3) is 0 Å². The minimum Gasteiger partial charge on any atom is -0.408 e. The summed E-state index contributed by atoms with van der Waals surface area (Å²) in [4.78, 5) is 4.42. The van der Waals surface area contributed by atoms with Crippen molar-refractivity contribution in [3.63, 3.8) is 0 Å². The standard InChI is InChI=1S/C8H14N4O/c1-7-9-10-8(13-7)12-5-3-11(2)4-6-12/h3-6H2,1-2H3. The second-order valence-electron chi connectivity index (χ2n) is 3.39. The summed E-state index contributed by atoms with van der Waals surface area (Å²) < 4.78 is 5.34. The molecule has 0 amide bonds. The number of aromatic nitrogens is 2. The van der Waals surface area contributed by atoms with Crippen LogP contribution in [0.3, 0.4) is 0 Å². The van der Waals surface area contributed by atoms with Gasteiger partial charge in [-0.2, -0.15) is 0 Å². The molecule has 1 aromatic rings. The van der Waals surface area contributed by atoms with E-state index in [-0.39, 0.29) is 0 Å². The van der Waals surface area contributed by atoms with Crippen LogP contribution in [0.25, 0.3) is 0 Å². The van der Waals surface area contributed by atoms with Crippen LogP contribution in [-0.2, 0) is 0 Å². The Kier molecular flexibility index (Phi) is 2.18. The number of piperazine rings is 1. The van der Waals surface area contributed by atoms with Crippen molar-refractivity contribution in [1.29, 1.82) is 0 Å². The third kappa shape index (κ3) is 1.80. The van der Waals surface area contributed by atoms with Crippen molar-refractivity contribution in [2.45, 2.75) is 6.92 Å². The topological polar surface area (TPSA) is 45.4 Å². The van der Waals surface area contributed by atoms with E-state index in [1.165, 1.54) is 0 Å². The van der Waals surface area contributed by atoms with E-state index in [2.05, 4.69) is 27.0 Å². The summed E-state index contributed by atoms with van der Waals surface area (Å²) in [6, 6.07) is 0.658. The average Bonchev–Trinajstić information content (AvgIpc) is 2.53. The molecule has 1 aromatic heterocycles. The van der Waals surface area contributed by atoms with Crippen LogP contribution < -0.4 is 4.90 Å². The minimum atomic E-state index is 0.633. The van der Waals surface area contributed by atoms with Crippen molar-refractivity contribution >= 4 is 6.01 Å². The Hall–Kier alpha value is -1.10. The summed E-state index contributed by atoms with van der Waals surface area (Å²) in [6.45, 7) is 5.87. The maximum absolute atomic E-state index is 5.34. The van der Waals surface area contributed by atoms with Gasteiger partial charge in [-0.15, -0.1) is 5.10 Å². The van der Waals surface area contributed by atoms with Crippen molar-refractivity contribution < 1.29 is 4.42 Å². The fourth-order valence-electron chi connectivity index (χ4n) is 1.41. The molecular formula is C8H14N4O. The van der Waals surface area contributed by atoms with E-state index in [1.54, 1.807) is 0 Å². The Balaban J connectivity index is 2.02. The van der Waals surface area contributed by atoms with E-state index in [1.807, 2.05) is 6.92 Å². The smallest absolute Gasteiger partial charge is 0.318 e. The lowest BCUT2D eigenvalue weighted by molar-refractivity contribution is 0.304. The number of anilines is 1. The second-order valence-corrected chi connectivity index (χ2v) is 3.39. The van der Waals surface area contributed by atoms with E-state index in [0.29, 0.717) is 11.9 Å². The van der Waals surface area contributed by atoms with E-state index in [9.17, 15) is 0 Å². The number of rotatable bonds is 1. The number of hydrogen-bond acceptors (Lipinski definition) is 5. The van der Waals surface area contributed by atoms with Crippen LogP contribution in [0, 0.1) is 6.92 Å². The monoisotopic (exact) mass is 182 g/mol. The lowest BCUT2D eigenvalue weighted by Gasteiger charge is -2.30. The molecule has 1 aliphatic rings. The molecule has 1 saturated heterocycles. The van der Waals surface area contributed by atoms with E-state index < -0.39 is 0 Å².